The maximum absolute atomic E-state index is 10.7. The average molecular weight is 172 g/mol. The predicted molar refractivity (Wildman–Crippen MR) is 49.1 cm³/mol. The first kappa shape index (κ1) is 10.4. The van der Waals surface area contributed by atoms with Crippen molar-refractivity contribution in [3.63, 3.8) is 0 Å². The summed E-state index contributed by atoms with van der Waals surface area (Å²) >= 11 is 0. The lowest BCUT2D eigenvalue weighted by Crippen LogP contribution is -2.32. The number of carbonyl (C=O) groups is 1. The van der Waals surface area contributed by atoms with E-state index in [-0.39, 0.29) is 5.97 Å². The summed E-state index contributed by atoms with van der Waals surface area (Å²) in [6.45, 7) is 9.86. The minimum Gasteiger partial charge on any atom is -0.466 e. The van der Waals surface area contributed by atoms with Gasteiger partial charge in [-0.3, -0.25) is 0 Å². The SMILES string of the molecule is C=CC(=O)OC[Si](C)(C)CC. The minimum atomic E-state index is -1.25. The molecular weight excluding hydrogens is 156 g/mol. The Balaban J connectivity index is 3.69. The van der Waals surface area contributed by atoms with Crippen molar-refractivity contribution in [2.45, 2.75) is 26.1 Å². The van der Waals surface area contributed by atoms with Crippen LogP contribution < -0.4 is 0 Å². The molecule has 0 atom stereocenters. The fraction of sp³-hybridized carbons (Fsp3) is 0.625. The number of carbonyl (C=O) groups excluding carboxylic acids is 1. The van der Waals surface area contributed by atoms with E-state index in [4.69, 9.17) is 4.74 Å². The molecule has 0 aliphatic carbocycles. The van der Waals surface area contributed by atoms with Crippen LogP contribution in [-0.4, -0.2) is 20.3 Å². The van der Waals surface area contributed by atoms with Crippen LogP contribution >= 0.6 is 0 Å². The van der Waals surface area contributed by atoms with Crippen LogP contribution in [0.4, 0.5) is 0 Å². The molecule has 0 unspecified atom stereocenters. The van der Waals surface area contributed by atoms with Gasteiger partial charge in [-0.1, -0.05) is 32.6 Å². The average Bonchev–Trinajstić information content (AvgIpc) is 2.00. The molecule has 0 amide bonds. The van der Waals surface area contributed by atoms with Crippen molar-refractivity contribution in [2.24, 2.45) is 0 Å². The van der Waals surface area contributed by atoms with Gasteiger partial charge in [-0.15, -0.1) is 0 Å². The van der Waals surface area contributed by atoms with Gasteiger partial charge in [0.25, 0.3) is 0 Å². The molecule has 0 spiro atoms. The first-order chi connectivity index (χ1) is 5.02. The van der Waals surface area contributed by atoms with Crippen LogP contribution in [0.1, 0.15) is 6.92 Å². The van der Waals surface area contributed by atoms with E-state index < -0.39 is 8.07 Å². The Hall–Kier alpha value is -0.573. The lowest BCUT2D eigenvalue weighted by Gasteiger charge is -2.18. The van der Waals surface area contributed by atoms with Gasteiger partial charge in [0.2, 0.25) is 0 Å². The molecule has 0 heterocycles. The second-order valence-electron chi connectivity index (χ2n) is 3.33. The van der Waals surface area contributed by atoms with Crippen LogP contribution in [0, 0.1) is 0 Å². The fourth-order valence-corrected chi connectivity index (χ4v) is 1.16. The summed E-state index contributed by atoms with van der Waals surface area (Å²) in [5.74, 6) is -0.306. The van der Waals surface area contributed by atoms with E-state index in [0.717, 1.165) is 6.04 Å². The van der Waals surface area contributed by atoms with Gasteiger partial charge in [-0.2, -0.15) is 0 Å². The zero-order valence-electron chi connectivity index (χ0n) is 7.52. The number of hydrogen-bond acceptors (Lipinski definition) is 2. The van der Waals surface area contributed by atoms with Crippen LogP contribution in [0.5, 0.6) is 0 Å². The maximum atomic E-state index is 10.7. The van der Waals surface area contributed by atoms with Gasteiger partial charge in [0.15, 0.2) is 0 Å². The minimum absolute atomic E-state index is 0.306. The Bertz CT molecular complexity index is 152. The Labute approximate surface area is 69.3 Å². The summed E-state index contributed by atoms with van der Waals surface area (Å²) in [7, 11) is -1.25. The van der Waals surface area contributed by atoms with Gasteiger partial charge in [0, 0.05) is 6.08 Å². The van der Waals surface area contributed by atoms with Gasteiger partial charge in [0.05, 0.1) is 14.3 Å². The second-order valence-corrected chi connectivity index (χ2v) is 8.65. The number of rotatable bonds is 4. The first-order valence-electron chi connectivity index (χ1n) is 3.81. The van der Waals surface area contributed by atoms with Crippen molar-refractivity contribution < 1.29 is 9.53 Å². The van der Waals surface area contributed by atoms with Crippen molar-refractivity contribution in [1.82, 2.24) is 0 Å². The third kappa shape index (κ3) is 4.78. The molecule has 0 saturated heterocycles. The zero-order valence-corrected chi connectivity index (χ0v) is 8.52. The molecule has 64 valence electrons. The number of hydrogen-bond donors (Lipinski definition) is 0. The smallest absolute Gasteiger partial charge is 0.329 e. The van der Waals surface area contributed by atoms with E-state index in [1.807, 2.05) is 0 Å². The molecule has 0 aromatic carbocycles. The third-order valence-corrected chi connectivity index (χ3v) is 4.57. The summed E-state index contributed by atoms with van der Waals surface area (Å²) < 4.78 is 4.95. The van der Waals surface area contributed by atoms with Crippen molar-refractivity contribution in [1.29, 1.82) is 0 Å². The third-order valence-electron chi connectivity index (χ3n) is 1.73. The van der Waals surface area contributed by atoms with Gasteiger partial charge in [0.1, 0.15) is 0 Å². The van der Waals surface area contributed by atoms with Crippen LogP contribution in [0.25, 0.3) is 0 Å². The summed E-state index contributed by atoms with van der Waals surface area (Å²) in [6, 6.07) is 1.14. The summed E-state index contributed by atoms with van der Waals surface area (Å²) in [6.07, 6.45) is 1.81. The van der Waals surface area contributed by atoms with Gasteiger partial charge in [-0.05, 0) is 0 Å². The molecule has 11 heavy (non-hydrogen) atoms. The Kier molecular flexibility index (Phi) is 4.11. The first-order valence-corrected chi connectivity index (χ1v) is 7.22. The molecular formula is C8H16O2Si. The quantitative estimate of drug-likeness (QED) is 0.368. The molecule has 3 heteroatoms. The van der Waals surface area contributed by atoms with E-state index in [2.05, 4.69) is 26.6 Å². The molecule has 0 rings (SSSR count). The molecule has 0 aliphatic rings. The highest BCUT2D eigenvalue weighted by molar-refractivity contribution is 6.77. The highest BCUT2D eigenvalue weighted by atomic mass is 28.3. The Morgan fingerprint density at radius 1 is 1.64 bits per heavy atom. The van der Waals surface area contributed by atoms with Crippen LogP contribution in [0.2, 0.25) is 19.1 Å². The summed E-state index contributed by atoms with van der Waals surface area (Å²) in [4.78, 5) is 10.7. The van der Waals surface area contributed by atoms with Crippen LogP contribution in [-0.2, 0) is 9.53 Å². The molecule has 0 saturated carbocycles. The molecule has 0 fully saturated rings. The van der Waals surface area contributed by atoms with Gasteiger partial charge in [-0.25, -0.2) is 4.79 Å². The van der Waals surface area contributed by atoms with E-state index in [1.54, 1.807) is 0 Å². The molecule has 0 aromatic rings. The second kappa shape index (κ2) is 4.33. The monoisotopic (exact) mass is 172 g/mol. The molecule has 0 aliphatic heterocycles. The molecule has 0 N–H and O–H groups in total. The Morgan fingerprint density at radius 3 is 2.55 bits per heavy atom. The molecule has 0 aromatic heterocycles. The lowest BCUT2D eigenvalue weighted by atomic mass is 10.7. The van der Waals surface area contributed by atoms with Gasteiger partial charge >= 0.3 is 5.97 Å². The molecule has 2 nitrogen and oxygen atoms in total. The van der Waals surface area contributed by atoms with Crippen molar-refractivity contribution in [3.8, 4) is 0 Å². The van der Waals surface area contributed by atoms with E-state index in [1.165, 1.54) is 6.08 Å². The summed E-state index contributed by atoms with van der Waals surface area (Å²) in [5.41, 5.74) is 0. The van der Waals surface area contributed by atoms with Crippen molar-refractivity contribution >= 4 is 14.0 Å². The van der Waals surface area contributed by atoms with Gasteiger partial charge < -0.3 is 4.74 Å². The van der Waals surface area contributed by atoms with E-state index in [9.17, 15) is 4.79 Å². The topological polar surface area (TPSA) is 26.3 Å². The highest BCUT2D eigenvalue weighted by Crippen LogP contribution is 2.08. The van der Waals surface area contributed by atoms with Crippen LogP contribution in [0.15, 0.2) is 12.7 Å². The van der Waals surface area contributed by atoms with E-state index in [0.29, 0.717) is 6.23 Å². The normalized spacial score (nSPS) is 10.8. The standard InChI is InChI=1S/C8H16O2Si/c1-5-8(9)10-7-11(3,4)6-2/h5H,1,6-7H2,2-4H3. The van der Waals surface area contributed by atoms with Crippen molar-refractivity contribution in [3.05, 3.63) is 12.7 Å². The predicted octanol–water partition coefficient (Wildman–Crippen LogP) is 1.98. The molecule has 0 bridgehead atoms. The molecule has 0 radical (unpaired) electrons. The fourth-order valence-electron chi connectivity index (χ4n) is 0.427. The highest BCUT2D eigenvalue weighted by Gasteiger charge is 2.19. The summed E-state index contributed by atoms with van der Waals surface area (Å²) in [5, 5.41) is 0. The van der Waals surface area contributed by atoms with Crippen LogP contribution in [0.3, 0.4) is 0 Å². The largest absolute Gasteiger partial charge is 0.466 e. The number of esters is 1. The maximum Gasteiger partial charge on any atom is 0.329 e. The zero-order chi connectivity index (χ0) is 8.91. The van der Waals surface area contributed by atoms with E-state index >= 15 is 0 Å². The number of ether oxygens (including phenoxy) is 1. The Morgan fingerprint density at radius 2 is 2.18 bits per heavy atom. The van der Waals surface area contributed by atoms with Crippen molar-refractivity contribution in [2.75, 3.05) is 6.23 Å². The lowest BCUT2D eigenvalue weighted by molar-refractivity contribution is -0.136.